The van der Waals surface area contributed by atoms with Crippen LogP contribution in [0.5, 0.6) is 0 Å². The van der Waals surface area contributed by atoms with Crippen LogP contribution in [0.3, 0.4) is 0 Å². The Hall–Kier alpha value is -0.760. The molecule has 0 amide bonds. The summed E-state index contributed by atoms with van der Waals surface area (Å²) < 4.78 is 0. The molecule has 0 saturated heterocycles. The van der Waals surface area contributed by atoms with Crippen molar-refractivity contribution < 1.29 is 0 Å². The van der Waals surface area contributed by atoms with Gasteiger partial charge in [0.15, 0.2) is 0 Å². The quantitative estimate of drug-likeness (QED) is 0.625. The summed E-state index contributed by atoms with van der Waals surface area (Å²) >= 11 is 0. The van der Waals surface area contributed by atoms with E-state index in [0.29, 0.717) is 6.04 Å². The molecule has 11 heavy (non-hydrogen) atoms. The fourth-order valence-electron chi connectivity index (χ4n) is 1.80. The minimum atomic E-state index is 0.588. The highest BCUT2D eigenvalue weighted by atomic mass is 14.9. The fraction of sp³-hybridized carbons (Fsp3) is 0.556. The van der Waals surface area contributed by atoms with Crippen molar-refractivity contribution in [3.63, 3.8) is 0 Å². The molecule has 0 bridgehead atoms. The summed E-state index contributed by atoms with van der Waals surface area (Å²) in [5, 5.41) is 3.49. The van der Waals surface area contributed by atoms with Gasteiger partial charge in [0.2, 0.25) is 0 Å². The van der Waals surface area contributed by atoms with Crippen molar-refractivity contribution in [2.45, 2.75) is 25.8 Å². The van der Waals surface area contributed by atoms with Gasteiger partial charge in [-0.3, -0.25) is 0 Å². The van der Waals surface area contributed by atoms with Crippen LogP contribution in [0, 0.1) is 0 Å². The lowest BCUT2D eigenvalue weighted by molar-refractivity contribution is 0.491. The number of aromatic amines is 1. The molecule has 1 aliphatic rings. The third kappa shape index (κ3) is 1.07. The minimum absolute atomic E-state index is 0.588. The van der Waals surface area contributed by atoms with Gasteiger partial charge in [-0.25, -0.2) is 0 Å². The zero-order chi connectivity index (χ0) is 7.68. The average molecular weight is 150 g/mol. The van der Waals surface area contributed by atoms with Crippen molar-refractivity contribution in [2.24, 2.45) is 0 Å². The van der Waals surface area contributed by atoms with Gasteiger partial charge in [0.1, 0.15) is 0 Å². The minimum Gasteiger partial charge on any atom is -0.365 e. The van der Waals surface area contributed by atoms with Gasteiger partial charge in [0.25, 0.3) is 0 Å². The SMILES string of the molecule is CC[C@@H]1NCCc2[nH]ccc21. The Morgan fingerprint density at radius 1 is 1.64 bits per heavy atom. The van der Waals surface area contributed by atoms with Gasteiger partial charge in [-0.2, -0.15) is 0 Å². The number of nitrogens with one attached hydrogen (secondary N) is 2. The second kappa shape index (κ2) is 2.70. The van der Waals surface area contributed by atoms with Crippen molar-refractivity contribution in [3.05, 3.63) is 23.5 Å². The van der Waals surface area contributed by atoms with Gasteiger partial charge in [-0.1, -0.05) is 6.92 Å². The smallest absolute Gasteiger partial charge is 0.0335 e. The normalized spacial score (nSPS) is 23.2. The predicted molar refractivity (Wildman–Crippen MR) is 45.5 cm³/mol. The van der Waals surface area contributed by atoms with E-state index in [2.05, 4.69) is 23.3 Å². The van der Waals surface area contributed by atoms with Crippen molar-refractivity contribution in [2.75, 3.05) is 6.54 Å². The lowest BCUT2D eigenvalue weighted by Gasteiger charge is -2.22. The van der Waals surface area contributed by atoms with Gasteiger partial charge in [0, 0.05) is 30.9 Å². The zero-order valence-electron chi connectivity index (χ0n) is 6.85. The van der Waals surface area contributed by atoms with Crippen molar-refractivity contribution in [3.8, 4) is 0 Å². The summed E-state index contributed by atoms with van der Waals surface area (Å²) in [4.78, 5) is 3.28. The Balaban J connectivity index is 2.32. The number of rotatable bonds is 1. The van der Waals surface area contributed by atoms with Crippen LogP contribution in [0.2, 0.25) is 0 Å². The number of H-pyrrole nitrogens is 1. The molecule has 1 aromatic heterocycles. The maximum absolute atomic E-state index is 3.49. The Kier molecular flexibility index (Phi) is 1.70. The van der Waals surface area contributed by atoms with Crippen LogP contribution in [0.4, 0.5) is 0 Å². The Morgan fingerprint density at radius 3 is 3.36 bits per heavy atom. The van der Waals surface area contributed by atoms with Crippen LogP contribution >= 0.6 is 0 Å². The molecule has 2 heterocycles. The number of aromatic nitrogens is 1. The predicted octanol–water partition coefficient (Wildman–Crippen LogP) is 1.61. The van der Waals surface area contributed by atoms with Gasteiger partial charge in [0.05, 0.1) is 0 Å². The molecule has 1 aliphatic heterocycles. The molecule has 2 N–H and O–H groups in total. The molecule has 0 aliphatic carbocycles. The first-order valence-corrected chi connectivity index (χ1v) is 4.31. The lowest BCUT2D eigenvalue weighted by atomic mass is 10.00. The summed E-state index contributed by atoms with van der Waals surface area (Å²) in [6.07, 6.45) is 4.38. The summed E-state index contributed by atoms with van der Waals surface area (Å²) in [6, 6.07) is 2.78. The largest absolute Gasteiger partial charge is 0.365 e. The monoisotopic (exact) mass is 150 g/mol. The van der Waals surface area contributed by atoms with E-state index in [9.17, 15) is 0 Å². The fourth-order valence-corrected chi connectivity index (χ4v) is 1.80. The number of fused-ring (bicyclic) bond motifs is 1. The van der Waals surface area contributed by atoms with Crippen molar-refractivity contribution >= 4 is 0 Å². The van der Waals surface area contributed by atoms with Gasteiger partial charge < -0.3 is 10.3 Å². The highest BCUT2D eigenvalue weighted by Crippen LogP contribution is 2.23. The van der Waals surface area contributed by atoms with Gasteiger partial charge >= 0.3 is 0 Å². The van der Waals surface area contributed by atoms with Crippen LogP contribution in [0.1, 0.15) is 30.6 Å². The third-order valence-electron chi connectivity index (χ3n) is 2.42. The second-order valence-corrected chi connectivity index (χ2v) is 3.08. The molecule has 0 fully saturated rings. The van der Waals surface area contributed by atoms with Crippen LogP contribution in [0.15, 0.2) is 12.3 Å². The molecule has 1 atom stereocenters. The average Bonchev–Trinajstić information content (AvgIpc) is 2.50. The first-order chi connectivity index (χ1) is 5.42. The van der Waals surface area contributed by atoms with Gasteiger partial charge in [-0.05, 0) is 18.1 Å². The third-order valence-corrected chi connectivity index (χ3v) is 2.42. The topological polar surface area (TPSA) is 27.8 Å². The van der Waals surface area contributed by atoms with E-state index in [4.69, 9.17) is 0 Å². The first-order valence-electron chi connectivity index (χ1n) is 4.31. The molecule has 0 unspecified atom stereocenters. The standard InChI is InChI=1S/C9H14N2/c1-2-8-7-3-5-11-9(7)4-6-10-8/h3,5,8,10-11H,2,4,6H2,1H3/t8-/m0/s1. The van der Waals surface area contributed by atoms with E-state index in [1.54, 1.807) is 0 Å². The van der Waals surface area contributed by atoms with E-state index in [1.807, 2.05) is 6.20 Å². The van der Waals surface area contributed by atoms with Crippen molar-refractivity contribution in [1.29, 1.82) is 0 Å². The van der Waals surface area contributed by atoms with Crippen LogP contribution in [0.25, 0.3) is 0 Å². The second-order valence-electron chi connectivity index (χ2n) is 3.08. The van der Waals surface area contributed by atoms with E-state index < -0.39 is 0 Å². The number of hydrogen-bond donors (Lipinski definition) is 2. The molecule has 2 rings (SSSR count). The van der Waals surface area contributed by atoms with E-state index in [1.165, 1.54) is 17.7 Å². The molecule has 2 nitrogen and oxygen atoms in total. The molecule has 0 saturated carbocycles. The molecule has 2 heteroatoms. The molecule has 0 spiro atoms. The number of hydrogen-bond acceptors (Lipinski definition) is 1. The van der Waals surface area contributed by atoms with Gasteiger partial charge in [-0.15, -0.1) is 0 Å². The van der Waals surface area contributed by atoms with Crippen LogP contribution < -0.4 is 5.32 Å². The summed E-state index contributed by atoms with van der Waals surface area (Å²) in [5.41, 5.74) is 2.90. The summed E-state index contributed by atoms with van der Waals surface area (Å²) in [6.45, 7) is 3.34. The van der Waals surface area contributed by atoms with E-state index in [0.717, 1.165) is 13.0 Å². The first kappa shape index (κ1) is 6.92. The maximum Gasteiger partial charge on any atom is 0.0335 e. The Bertz CT molecular complexity index is 239. The Labute approximate surface area is 67.0 Å². The molecule has 0 radical (unpaired) electrons. The zero-order valence-corrected chi connectivity index (χ0v) is 6.85. The lowest BCUT2D eigenvalue weighted by Crippen LogP contribution is -2.28. The van der Waals surface area contributed by atoms with E-state index in [-0.39, 0.29) is 0 Å². The molecule has 0 aromatic carbocycles. The molecule has 60 valence electrons. The molecular weight excluding hydrogens is 136 g/mol. The highest BCUT2D eigenvalue weighted by molar-refractivity contribution is 5.26. The van der Waals surface area contributed by atoms with Crippen LogP contribution in [-0.2, 0) is 6.42 Å². The molecular formula is C9H14N2. The van der Waals surface area contributed by atoms with E-state index >= 15 is 0 Å². The maximum atomic E-state index is 3.49. The Morgan fingerprint density at radius 2 is 2.55 bits per heavy atom. The molecule has 1 aromatic rings. The van der Waals surface area contributed by atoms with Crippen LogP contribution in [-0.4, -0.2) is 11.5 Å². The van der Waals surface area contributed by atoms with Crippen molar-refractivity contribution in [1.82, 2.24) is 10.3 Å². The summed E-state index contributed by atoms with van der Waals surface area (Å²) in [5.74, 6) is 0. The highest BCUT2D eigenvalue weighted by Gasteiger charge is 2.17. The summed E-state index contributed by atoms with van der Waals surface area (Å²) in [7, 11) is 0.